The van der Waals surface area contributed by atoms with Gasteiger partial charge in [-0.15, -0.1) is 11.6 Å². The summed E-state index contributed by atoms with van der Waals surface area (Å²) in [5.41, 5.74) is 0. The Morgan fingerprint density at radius 1 is 1.60 bits per heavy atom. The molecule has 0 amide bonds. The van der Waals surface area contributed by atoms with Crippen LogP contribution in [0, 0.1) is 0 Å². The van der Waals surface area contributed by atoms with Gasteiger partial charge < -0.3 is 5.32 Å². The van der Waals surface area contributed by atoms with E-state index in [4.69, 9.17) is 23.2 Å². The zero-order valence-electron chi connectivity index (χ0n) is 8.43. The minimum absolute atomic E-state index is 0.122. The summed E-state index contributed by atoms with van der Waals surface area (Å²) in [5, 5.41) is 3.85. The fraction of sp³-hybridized carbons (Fsp3) is 0.500. The molecule has 0 bridgehead atoms. The first kappa shape index (κ1) is 13.1. The molecule has 0 aliphatic rings. The van der Waals surface area contributed by atoms with Crippen LogP contribution in [0.15, 0.2) is 16.7 Å². The van der Waals surface area contributed by atoms with E-state index in [1.807, 2.05) is 0 Å². The lowest BCUT2D eigenvalue weighted by Crippen LogP contribution is -2.14. The fourth-order valence-corrected chi connectivity index (χ4v) is 2.16. The highest BCUT2D eigenvalue weighted by Crippen LogP contribution is 2.23. The Hall–Kier alpha value is 0.01000. The van der Waals surface area contributed by atoms with E-state index in [0.717, 1.165) is 17.3 Å². The summed E-state index contributed by atoms with van der Waals surface area (Å²) in [6.45, 7) is 2.80. The van der Waals surface area contributed by atoms with Gasteiger partial charge in [-0.05, 0) is 28.4 Å². The molecule has 0 aliphatic carbocycles. The first-order valence-electron chi connectivity index (χ1n) is 4.82. The van der Waals surface area contributed by atoms with Crippen molar-refractivity contribution in [1.29, 1.82) is 0 Å². The van der Waals surface area contributed by atoms with E-state index in [-0.39, 0.29) is 5.38 Å². The van der Waals surface area contributed by atoms with Crippen LogP contribution in [0.3, 0.4) is 0 Å². The van der Waals surface area contributed by atoms with Crippen LogP contribution in [0.1, 0.15) is 19.8 Å². The highest BCUT2D eigenvalue weighted by molar-refractivity contribution is 9.10. The van der Waals surface area contributed by atoms with Crippen molar-refractivity contribution in [2.75, 3.05) is 11.9 Å². The van der Waals surface area contributed by atoms with Crippen LogP contribution in [-0.2, 0) is 0 Å². The summed E-state index contributed by atoms with van der Waals surface area (Å²) in [7, 11) is 0. The molecule has 1 unspecified atom stereocenters. The number of nitrogens with one attached hydrogen (secondary N) is 1. The van der Waals surface area contributed by atoms with E-state index in [1.54, 1.807) is 12.3 Å². The first-order chi connectivity index (χ1) is 7.13. The smallest absolute Gasteiger partial charge is 0.144 e. The van der Waals surface area contributed by atoms with Crippen LogP contribution >= 0.6 is 39.1 Å². The number of rotatable bonds is 5. The highest BCUT2D eigenvalue weighted by Gasteiger charge is 2.06. The fourth-order valence-electron chi connectivity index (χ4n) is 1.17. The number of hydrogen-bond donors (Lipinski definition) is 1. The topological polar surface area (TPSA) is 24.9 Å². The third-order valence-electron chi connectivity index (χ3n) is 1.90. The van der Waals surface area contributed by atoms with Crippen molar-refractivity contribution in [2.45, 2.75) is 25.1 Å². The number of anilines is 1. The third-order valence-corrected chi connectivity index (χ3v) is 3.00. The molecule has 1 aromatic rings. The zero-order valence-corrected chi connectivity index (χ0v) is 11.5. The molecule has 1 atom stereocenters. The van der Waals surface area contributed by atoms with Crippen molar-refractivity contribution in [3.8, 4) is 0 Å². The van der Waals surface area contributed by atoms with E-state index < -0.39 is 0 Å². The predicted molar refractivity (Wildman–Crippen MR) is 70.0 cm³/mol. The molecule has 0 aromatic carbocycles. The van der Waals surface area contributed by atoms with Gasteiger partial charge in [0.05, 0.1) is 10.4 Å². The van der Waals surface area contributed by atoms with Crippen LogP contribution < -0.4 is 5.32 Å². The second kappa shape index (κ2) is 6.56. The van der Waals surface area contributed by atoms with Crippen molar-refractivity contribution in [1.82, 2.24) is 4.98 Å². The Labute approximate surface area is 108 Å². The molecule has 0 fully saturated rings. The van der Waals surface area contributed by atoms with Crippen LogP contribution in [-0.4, -0.2) is 16.9 Å². The predicted octanol–water partition coefficient (Wildman–Crippen LogP) is 4.32. The quantitative estimate of drug-likeness (QED) is 0.819. The van der Waals surface area contributed by atoms with Gasteiger partial charge in [-0.3, -0.25) is 0 Å². The van der Waals surface area contributed by atoms with Gasteiger partial charge in [-0.25, -0.2) is 4.98 Å². The van der Waals surface area contributed by atoms with Crippen molar-refractivity contribution < 1.29 is 0 Å². The molecule has 15 heavy (non-hydrogen) atoms. The summed E-state index contributed by atoms with van der Waals surface area (Å²) in [4.78, 5) is 4.16. The monoisotopic (exact) mass is 310 g/mol. The van der Waals surface area contributed by atoms with Gasteiger partial charge in [0.15, 0.2) is 0 Å². The molecule has 0 aliphatic heterocycles. The number of aromatic nitrogens is 1. The van der Waals surface area contributed by atoms with E-state index in [2.05, 4.69) is 33.2 Å². The Morgan fingerprint density at radius 2 is 2.33 bits per heavy atom. The Kier molecular flexibility index (Phi) is 5.72. The van der Waals surface area contributed by atoms with Gasteiger partial charge in [-0.2, -0.15) is 0 Å². The molecule has 0 saturated carbocycles. The van der Waals surface area contributed by atoms with Gasteiger partial charge in [0.1, 0.15) is 5.82 Å². The average Bonchev–Trinajstić information content (AvgIpc) is 2.17. The molecule has 84 valence electrons. The molecule has 0 spiro atoms. The van der Waals surface area contributed by atoms with Gasteiger partial charge in [0.2, 0.25) is 0 Å². The minimum atomic E-state index is 0.122. The number of nitrogens with zero attached hydrogens (tertiary/aromatic N) is 1. The third kappa shape index (κ3) is 4.58. The summed E-state index contributed by atoms with van der Waals surface area (Å²) in [6.07, 6.45) is 3.78. The number of hydrogen-bond acceptors (Lipinski definition) is 2. The maximum atomic E-state index is 6.07. The molecule has 1 N–H and O–H groups in total. The van der Waals surface area contributed by atoms with E-state index >= 15 is 0 Å². The summed E-state index contributed by atoms with van der Waals surface area (Å²) < 4.78 is 0.869. The summed E-state index contributed by atoms with van der Waals surface area (Å²) >= 11 is 15.4. The first-order valence-corrected chi connectivity index (χ1v) is 6.43. The second-order valence-electron chi connectivity index (χ2n) is 3.25. The number of halogens is 3. The lowest BCUT2D eigenvalue weighted by atomic mass is 10.2. The van der Waals surface area contributed by atoms with Gasteiger partial charge in [-0.1, -0.05) is 24.9 Å². The molecular formula is C10H13BrCl2N2. The lowest BCUT2D eigenvalue weighted by molar-refractivity contribution is 0.750. The molecule has 0 saturated heterocycles. The Morgan fingerprint density at radius 3 is 2.93 bits per heavy atom. The van der Waals surface area contributed by atoms with Crippen LogP contribution in [0.25, 0.3) is 0 Å². The Balaban J connectivity index is 2.50. The summed E-state index contributed by atoms with van der Waals surface area (Å²) in [5.74, 6) is 0.682. The number of pyridine rings is 1. The Bertz CT molecular complexity index is 320. The van der Waals surface area contributed by atoms with E-state index in [0.29, 0.717) is 17.4 Å². The molecule has 0 radical (unpaired) electrons. The van der Waals surface area contributed by atoms with Crippen molar-refractivity contribution in [3.05, 3.63) is 21.8 Å². The van der Waals surface area contributed by atoms with E-state index in [9.17, 15) is 0 Å². The van der Waals surface area contributed by atoms with Crippen molar-refractivity contribution >= 4 is 44.9 Å². The zero-order chi connectivity index (χ0) is 11.3. The molecule has 1 rings (SSSR count). The normalized spacial score (nSPS) is 12.5. The van der Waals surface area contributed by atoms with Gasteiger partial charge in [0, 0.05) is 17.2 Å². The van der Waals surface area contributed by atoms with Crippen molar-refractivity contribution in [2.24, 2.45) is 0 Å². The minimum Gasteiger partial charge on any atom is -0.367 e. The largest absolute Gasteiger partial charge is 0.367 e. The van der Waals surface area contributed by atoms with Crippen LogP contribution in [0.5, 0.6) is 0 Å². The molecular weight excluding hydrogens is 299 g/mol. The van der Waals surface area contributed by atoms with E-state index in [1.165, 1.54) is 0 Å². The standard InChI is InChI=1S/C10H13BrCl2N2/c1-2-3-8(12)6-15-10-9(13)4-7(11)5-14-10/h4-5,8H,2-3,6H2,1H3,(H,14,15). The van der Waals surface area contributed by atoms with Gasteiger partial charge in [0.25, 0.3) is 0 Å². The van der Waals surface area contributed by atoms with Gasteiger partial charge >= 0.3 is 0 Å². The molecule has 1 heterocycles. The summed E-state index contributed by atoms with van der Waals surface area (Å²) in [6, 6.07) is 1.81. The van der Waals surface area contributed by atoms with Crippen LogP contribution in [0.2, 0.25) is 5.02 Å². The SMILES string of the molecule is CCCC(Cl)CNc1ncc(Br)cc1Cl. The number of alkyl halides is 1. The average molecular weight is 312 g/mol. The lowest BCUT2D eigenvalue weighted by Gasteiger charge is -2.11. The second-order valence-corrected chi connectivity index (χ2v) is 5.19. The molecule has 2 nitrogen and oxygen atoms in total. The highest BCUT2D eigenvalue weighted by atomic mass is 79.9. The van der Waals surface area contributed by atoms with Crippen LogP contribution in [0.4, 0.5) is 5.82 Å². The molecule has 1 aromatic heterocycles. The molecule has 5 heteroatoms. The maximum Gasteiger partial charge on any atom is 0.144 e. The van der Waals surface area contributed by atoms with Crippen molar-refractivity contribution in [3.63, 3.8) is 0 Å². The maximum absolute atomic E-state index is 6.07.